The molecule has 3 N–H and O–H groups in total. The third kappa shape index (κ3) is 5.03. The number of H-pyrrole nitrogens is 1. The van der Waals surface area contributed by atoms with Gasteiger partial charge in [-0.2, -0.15) is 10.4 Å². The fourth-order valence-electron chi connectivity index (χ4n) is 4.95. The van der Waals surface area contributed by atoms with Gasteiger partial charge in [-0.1, -0.05) is 12.2 Å². The number of hydrogen-bond donors (Lipinski definition) is 3. The van der Waals surface area contributed by atoms with Crippen LogP contribution in [0.3, 0.4) is 0 Å². The molecule has 2 fully saturated rings. The maximum atomic E-state index is 12.9. The number of hydrogen-bond acceptors (Lipinski definition) is 7. The molecule has 2 aliphatic rings. The zero-order valence-corrected chi connectivity index (χ0v) is 18.6. The standard InChI is InChI=1S/C23H28F2N8/c1-3-5-17-18(27-2)12-20(29-21-13-19(22(24)25)31-32-21)30-23(17)28-14-10-15-6-7-16(11-14)33(15)9-4-8-26/h3,5,12-16,22H,2,4,6-7,9-11H2,1H3,(H3,28,29,30,31,32)/b5-3-/t14?,15-,16+. The number of pyridine rings is 1. The average molecular weight is 455 g/mol. The van der Waals surface area contributed by atoms with Crippen molar-refractivity contribution in [2.45, 2.75) is 63.6 Å². The molecule has 10 heteroatoms. The number of alkyl halides is 2. The number of aromatic amines is 1. The maximum Gasteiger partial charge on any atom is 0.279 e. The lowest BCUT2D eigenvalue weighted by Crippen LogP contribution is -2.47. The Hall–Kier alpha value is -3.32. The van der Waals surface area contributed by atoms with Gasteiger partial charge in [0.05, 0.1) is 11.8 Å². The van der Waals surface area contributed by atoms with E-state index in [0.29, 0.717) is 35.8 Å². The molecule has 0 aliphatic carbocycles. The van der Waals surface area contributed by atoms with Crippen LogP contribution in [0, 0.1) is 11.3 Å². The number of fused-ring (bicyclic) bond motifs is 2. The molecule has 3 atom stereocenters. The van der Waals surface area contributed by atoms with Crippen LogP contribution in [0.1, 0.15) is 56.7 Å². The minimum absolute atomic E-state index is 0.237. The van der Waals surface area contributed by atoms with Crippen LogP contribution in [0.25, 0.3) is 6.08 Å². The first-order chi connectivity index (χ1) is 16.0. The molecule has 0 amide bonds. The molecule has 4 heterocycles. The highest BCUT2D eigenvalue weighted by molar-refractivity contribution is 5.78. The van der Waals surface area contributed by atoms with Gasteiger partial charge >= 0.3 is 0 Å². The Labute approximate surface area is 191 Å². The lowest BCUT2D eigenvalue weighted by Gasteiger charge is -2.39. The number of aliphatic imine (C=N–C) groups is 1. The second-order valence-electron chi connectivity index (χ2n) is 8.42. The smallest absolute Gasteiger partial charge is 0.279 e. The number of nitrogens with one attached hydrogen (secondary N) is 3. The largest absolute Gasteiger partial charge is 0.367 e. The van der Waals surface area contributed by atoms with Gasteiger partial charge in [0.2, 0.25) is 0 Å². The van der Waals surface area contributed by atoms with E-state index in [1.54, 1.807) is 6.07 Å². The molecule has 0 spiro atoms. The van der Waals surface area contributed by atoms with Gasteiger partial charge in [-0.15, -0.1) is 0 Å². The van der Waals surface area contributed by atoms with Crippen molar-refractivity contribution in [3.8, 4) is 6.07 Å². The summed E-state index contributed by atoms with van der Waals surface area (Å²) in [5.41, 5.74) is 1.20. The first-order valence-electron chi connectivity index (χ1n) is 11.2. The molecule has 0 aromatic carbocycles. The highest BCUT2D eigenvalue weighted by Crippen LogP contribution is 2.38. The van der Waals surface area contributed by atoms with E-state index in [-0.39, 0.29) is 17.6 Å². The van der Waals surface area contributed by atoms with Gasteiger partial charge in [0.1, 0.15) is 17.3 Å². The number of allylic oxidation sites excluding steroid dienone is 1. The molecule has 0 radical (unpaired) electrons. The van der Waals surface area contributed by atoms with E-state index >= 15 is 0 Å². The molecule has 0 saturated carbocycles. The van der Waals surface area contributed by atoms with Crippen molar-refractivity contribution in [1.82, 2.24) is 20.1 Å². The molecule has 2 aromatic rings. The summed E-state index contributed by atoms with van der Waals surface area (Å²) in [5.74, 6) is 1.36. The Morgan fingerprint density at radius 1 is 1.33 bits per heavy atom. The summed E-state index contributed by atoms with van der Waals surface area (Å²) in [6, 6.07) is 6.41. The number of piperidine rings is 1. The zero-order chi connectivity index (χ0) is 23.4. The van der Waals surface area contributed by atoms with E-state index in [2.05, 4.69) is 43.5 Å². The third-order valence-corrected chi connectivity index (χ3v) is 6.34. The highest BCUT2D eigenvalue weighted by Gasteiger charge is 2.40. The zero-order valence-electron chi connectivity index (χ0n) is 18.6. The molecule has 1 unspecified atom stereocenters. The summed E-state index contributed by atoms with van der Waals surface area (Å²) in [6.07, 6.45) is 6.03. The Balaban J connectivity index is 1.56. The highest BCUT2D eigenvalue weighted by atomic mass is 19.3. The molecule has 174 valence electrons. The van der Waals surface area contributed by atoms with Crippen LogP contribution in [-0.2, 0) is 0 Å². The van der Waals surface area contributed by atoms with Crippen LogP contribution in [0.2, 0.25) is 0 Å². The number of rotatable bonds is 9. The summed E-state index contributed by atoms with van der Waals surface area (Å²) in [7, 11) is 0. The average Bonchev–Trinajstić information content (AvgIpc) is 3.35. The van der Waals surface area contributed by atoms with Crippen molar-refractivity contribution >= 4 is 35.9 Å². The van der Waals surface area contributed by atoms with Crippen molar-refractivity contribution in [2.24, 2.45) is 4.99 Å². The van der Waals surface area contributed by atoms with E-state index in [4.69, 9.17) is 10.2 Å². The minimum Gasteiger partial charge on any atom is -0.367 e. The van der Waals surface area contributed by atoms with Gasteiger partial charge in [0.15, 0.2) is 5.82 Å². The van der Waals surface area contributed by atoms with E-state index < -0.39 is 6.43 Å². The van der Waals surface area contributed by atoms with Crippen LogP contribution in [0.5, 0.6) is 0 Å². The normalized spacial score (nSPS) is 22.6. The summed E-state index contributed by atoms with van der Waals surface area (Å²) in [5, 5.41) is 21.8. The molecule has 2 saturated heterocycles. The lowest BCUT2D eigenvalue weighted by molar-refractivity contribution is 0.135. The second-order valence-corrected chi connectivity index (χ2v) is 8.42. The Morgan fingerprint density at radius 3 is 2.70 bits per heavy atom. The number of anilines is 3. The van der Waals surface area contributed by atoms with Crippen LogP contribution < -0.4 is 10.6 Å². The minimum atomic E-state index is -2.63. The van der Waals surface area contributed by atoms with Gasteiger partial charge in [0.25, 0.3) is 6.43 Å². The van der Waals surface area contributed by atoms with Gasteiger partial charge in [0, 0.05) is 48.8 Å². The number of halogens is 2. The SMILES string of the molecule is C=Nc1cc(Nc2cc(C(F)F)[nH]n2)nc(NC2C[C@H]3CC[C@@H](C2)N3CCC#N)c1/C=C\C. The van der Waals surface area contributed by atoms with Gasteiger partial charge in [-0.25, -0.2) is 13.8 Å². The van der Waals surface area contributed by atoms with Gasteiger partial charge < -0.3 is 10.6 Å². The Morgan fingerprint density at radius 2 is 2.09 bits per heavy atom. The van der Waals surface area contributed by atoms with Crippen molar-refractivity contribution < 1.29 is 8.78 Å². The summed E-state index contributed by atoms with van der Waals surface area (Å²) >= 11 is 0. The van der Waals surface area contributed by atoms with Crippen LogP contribution >= 0.6 is 0 Å². The monoisotopic (exact) mass is 454 g/mol. The lowest BCUT2D eigenvalue weighted by atomic mass is 9.96. The quantitative estimate of drug-likeness (QED) is 0.452. The van der Waals surface area contributed by atoms with Crippen molar-refractivity contribution in [1.29, 1.82) is 5.26 Å². The first kappa shape index (κ1) is 22.9. The molecule has 4 rings (SSSR count). The topological polar surface area (TPSA) is 105 Å². The fraction of sp³-hybridized carbons (Fsp3) is 0.478. The fourth-order valence-corrected chi connectivity index (χ4v) is 4.95. The van der Waals surface area contributed by atoms with E-state index in [1.807, 2.05) is 19.1 Å². The van der Waals surface area contributed by atoms with E-state index in [0.717, 1.165) is 37.8 Å². The maximum absolute atomic E-state index is 12.9. The molecule has 2 aliphatic heterocycles. The molecular formula is C23H28F2N8. The van der Waals surface area contributed by atoms with Gasteiger partial charge in [-0.3, -0.25) is 15.0 Å². The summed E-state index contributed by atoms with van der Waals surface area (Å²) < 4.78 is 25.8. The van der Waals surface area contributed by atoms with Crippen molar-refractivity contribution in [2.75, 3.05) is 17.2 Å². The van der Waals surface area contributed by atoms with E-state index in [9.17, 15) is 8.78 Å². The summed E-state index contributed by atoms with van der Waals surface area (Å²) in [4.78, 5) is 11.4. The first-order valence-corrected chi connectivity index (χ1v) is 11.2. The predicted octanol–water partition coefficient (Wildman–Crippen LogP) is 5.17. The molecule has 33 heavy (non-hydrogen) atoms. The van der Waals surface area contributed by atoms with E-state index in [1.165, 1.54) is 6.07 Å². The van der Waals surface area contributed by atoms with Crippen LogP contribution in [0.4, 0.5) is 31.9 Å². The number of nitrogens with zero attached hydrogens (tertiary/aromatic N) is 5. The molecular weight excluding hydrogens is 426 g/mol. The number of aromatic nitrogens is 3. The van der Waals surface area contributed by atoms with Gasteiger partial charge in [-0.05, 0) is 39.3 Å². The molecule has 2 bridgehead atoms. The Kier molecular flexibility index (Phi) is 6.99. The Bertz CT molecular complexity index is 1040. The van der Waals surface area contributed by atoms with Crippen LogP contribution in [-0.4, -0.2) is 51.5 Å². The third-order valence-electron chi connectivity index (χ3n) is 6.34. The summed E-state index contributed by atoms with van der Waals surface area (Å²) in [6.45, 7) is 6.44. The molecule has 8 nitrogen and oxygen atoms in total. The second kappa shape index (κ2) is 10.1. The predicted molar refractivity (Wildman–Crippen MR) is 125 cm³/mol. The number of nitriles is 1. The van der Waals surface area contributed by atoms with Crippen molar-refractivity contribution in [3.05, 3.63) is 29.5 Å². The van der Waals surface area contributed by atoms with Crippen LogP contribution in [0.15, 0.2) is 23.2 Å². The van der Waals surface area contributed by atoms with Crippen molar-refractivity contribution in [3.63, 3.8) is 0 Å². The molecule has 2 aromatic heterocycles.